The van der Waals surface area contributed by atoms with Crippen LogP contribution in [0.3, 0.4) is 0 Å². The molecule has 0 aliphatic heterocycles. The van der Waals surface area contributed by atoms with Crippen molar-refractivity contribution >= 4 is 17.7 Å². The number of ether oxygens (including phenoxy) is 1. The molecule has 6 nitrogen and oxygen atoms in total. The Balaban J connectivity index is 2.28. The van der Waals surface area contributed by atoms with Crippen molar-refractivity contribution in [2.75, 3.05) is 13.0 Å². The van der Waals surface area contributed by atoms with E-state index < -0.39 is 17.0 Å². The van der Waals surface area contributed by atoms with Gasteiger partial charge in [0.2, 0.25) is 5.16 Å². The van der Waals surface area contributed by atoms with Crippen molar-refractivity contribution in [2.45, 2.75) is 17.3 Å². The van der Waals surface area contributed by atoms with Crippen molar-refractivity contribution in [3.05, 3.63) is 30.1 Å². The lowest BCUT2D eigenvalue weighted by Crippen LogP contribution is -2.18. The van der Waals surface area contributed by atoms with Crippen LogP contribution in [0.4, 0.5) is 4.39 Å². The number of nitrogen functional groups attached to an aromatic ring is 1. The summed E-state index contributed by atoms with van der Waals surface area (Å²) >= 11 is 1.09. The second-order valence-corrected chi connectivity index (χ2v) is 5.25. The minimum absolute atomic E-state index is 0.197. The zero-order valence-electron chi connectivity index (χ0n) is 10.9. The Kier molecular flexibility index (Phi) is 4.23. The van der Waals surface area contributed by atoms with Crippen LogP contribution in [0.25, 0.3) is 11.4 Å². The van der Waals surface area contributed by atoms with Gasteiger partial charge in [0.25, 0.3) is 0 Å². The maximum Gasteiger partial charge on any atom is 0.318 e. The molecular formula is C12H13FN4O2S. The van der Waals surface area contributed by atoms with Gasteiger partial charge in [-0.3, -0.25) is 4.79 Å². The lowest BCUT2D eigenvalue weighted by Gasteiger charge is -2.08. The number of nitrogens with zero attached hydrogens (tertiary/aromatic N) is 3. The minimum atomic E-state index is -0.486. The van der Waals surface area contributed by atoms with E-state index in [0.29, 0.717) is 5.16 Å². The number of methoxy groups -OCH3 is 1. The summed E-state index contributed by atoms with van der Waals surface area (Å²) < 4.78 is 19.5. The smallest absolute Gasteiger partial charge is 0.318 e. The quantitative estimate of drug-likeness (QED) is 0.522. The van der Waals surface area contributed by atoms with Gasteiger partial charge >= 0.3 is 5.97 Å². The topological polar surface area (TPSA) is 83.0 Å². The van der Waals surface area contributed by atoms with Gasteiger partial charge in [0.1, 0.15) is 11.1 Å². The summed E-state index contributed by atoms with van der Waals surface area (Å²) in [6.07, 6.45) is 0. The lowest BCUT2D eigenvalue weighted by molar-refractivity contribution is -0.139. The highest BCUT2D eigenvalue weighted by Crippen LogP contribution is 2.26. The van der Waals surface area contributed by atoms with E-state index in [4.69, 9.17) is 5.84 Å². The number of esters is 1. The summed E-state index contributed by atoms with van der Waals surface area (Å²) in [7, 11) is 1.30. The Morgan fingerprint density at radius 2 is 2.15 bits per heavy atom. The molecule has 0 saturated carbocycles. The van der Waals surface area contributed by atoms with Crippen LogP contribution in [0, 0.1) is 5.82 Å². The number of carbonyl (C=O) groups is 1. The van der Waals surface area contributed by atoms with E-state index in [1.165, 1.54) is 13.2 Å². The summed E-state index contributed by atoms with van der Waals surface area (Å²) in [5.74, 6) is 5.20. The van der Waals surface area contributed by atoms with Crippen molar-refractivity contribution in [3.63, 3.8) is 0 Å². The second-order valence-electron chi connectivity index (χ2n) is 3.94. The Hall–Kier alpha value is -2.09. The molecule has 0 aliphatic carbocycles. The zero-order valence-corrected chi connectivity index (χ0v) is 11.7. The van der Waals surface area contributed by atoms with Crippen LogP contribution in [0.1, 0.15) is 6.92 Å². The first-order valence-corrected chi connectivity index (χ1v) is 6.62. The number of nitrogens with two attached hydrogens (primary N) is 1. The third-order valence-corrected chi connectivity index (χ3v) is 3.63. The molecule has 1 aromatic carbocycles. The molecule has 0 saturated heterocycles. The van der Waals surface area contributed by atoms with Crippen LogP contribution in [0.15, 0.2) is 29.4 Å². The standard InChI is InChI=1S/C12H13FN4O2S/c1-7(11(18)19-2)20-12-16-15-10(17(12)14)8-5-3-4-6-9(8)13/h3-7H,14H2,1-2H3. The molecule has 8 heteroatoms. The van der Waals surface area contributed by atoms with Crippen LogP contribution in [0.5, 0.6) is 0 Å². The van der Waals surface area contributed by atoms with Gasteiger partial charge in [-0.05, 0) is 19.1 Å². The van der Waals surface area contributed by atoms with Gasteiger partial charge in [-0.1, -0.05) is 23.9 Å². The van der Waals surface area contributed by atoms with Crippen molar-refractivity contribution in [3.8, 4) is 11.4 Å². The Labute approximate surface area is 119 Å². The molecule has 20 heavy (non-hydrogen) atoms. The van der Waals surface area contributed by atoms with E-state index in [-0.39, 0.29) is 11.4 Å². The van der Waals surface area contributed by atoms with Gasteiger partial charge < -0.3 is 10.6 Å². The van der Waals surface area contributed by atoms with Crippen LogP contribution >= 0.6 is 11.8 Å². The molecule has 1 heterocycles. The lowest BCUT2D eigenvalue weighted by atomic mass is 10.2. The third-order valence-electron chi connectivity index (χ3n) is 2.59. The molecule has 2 aromatic rings. The maximum atomic E-state index is 13.7. The Bertz CT molecular complexity index is 632. The fourth-order valence-electron chi connectivity index (χ4n) is 1.56. The summed E-state index contributed by atoms with van der Waals surface area (Å²) in [5.41, 5.74) is 0.250. The largest absolute Gasteiger partial charge is 0.468 e. The van der Waals surface area contributed by atoms with Crippen LogP contribution in [0.2, 0.25) is 0 Å². The Morgan fingerprint density at radius 3 is 2.80 bits per heavy atom. The van der Waals surface area contributed by atoms with Gasteiger partial charge in [-0.15, -0.1) is 10.2 Å². The fraction of sp³-hybridized carbons (Fsp3) is 0.250. The van der Waals surface area contributed by atoms with Crippen LogP contribution in [-0.4, -0.2) is 33.2 Å². The van der Waals surface area contributed by atoms with E-state index in [9.17, 15) is 9.18 Å². The number of benzene rings is 1. The molecule has 0 radical (unpaired) electrons. The maximum absolute atomic E-state index is 13.7. The van der Waals surface area contributed by atoms with Gasteiger partial charge in [-0.2, -0.15) is 0 Å². The average molecular weight is 296 g/mol. The molecule has 1 atom stereocenters. The van der Waals surface area contributed by atoms with Crippen molar-refractivity contribution in [1.29, 1.82) is 0 Å². The van der Waals surface area contributed by atoms with Crippen LogP contribution in [-0.2, 0) is 9.53 Å². The molecule has 1 aromatic heterocycles. The Morgan fingerprint density at radius 1 is 1.45 bits per heavy atom. The van der Waals surface area contributed by atoms with Crippen molar-refractivity contribution in [1.82, 2.24) is 14.9 Å². The average Bonchev–Trinajstić information content (AvgIpc) is 2.80. The number of hydrogen-bond donors (Lipinski definition) is 1. The summed E-state index contributed by atoms with van der Waals surface area (Å²) in [5, 5.41) is 7.55. The number of rotatable bonds is 4. The molecular weight excluding hydrogens is 283 g/mol. The molecule has 0 amide bonds. The first-order chi connectivity index (χ1) is 9.54. The van der Waals surface area contributed by atoms with Gasteiger partial charge in [-0.25, -0.2) is 9.07 Å². The van der Waals surface area contributed by atoms with Crippen molar-refractivity contribution < 1.29 is 13.9 Å². The molecule has 0 spiro atoms. The minimum Gasteiger partial charge on any atom is -0.468 e. The monoisotopic (exact) mass is 296 g/mol. The number of aromatic nitrogens is 3. The van der Waals surface area contributed by atoms with Gasteiger partial charge in [0.05, 0.1) is 12.7 Å². The summed E-state index contributed by atoms with van der Waals surface area (Å²) in [6.45, 7) is 1.66. The van der Waals surface area contributed by atoms with E-state index in [2.05, 4.69) is 14.9 Å². The third kappa shape index (κ3) is 2.74. The van der Waals surface area contributed by atoms with E-state index in [1.807, 2.05) is 0 Å². The number of thioether (sulfide) groups is 1. The predicted molar refractivity (Wildman–Crippen MR) is 72.9 cm³/mol. The SMILES string of the molecule is COC(=O)C(C)Sc1nnc(-c2ccccc2F)n1N. The number of halogens is 1. The summed E-state index contributed by atoms with van der Waals surface area (Å²) in [4.78, 5) is 11.4. The predicted octanol–water partition coefficient (Wildman–Crippen LogP) is 1.45. The molecule has 0 bridgehead atoms. The van der Waals surface area contributed by atoms with Crippen molar-refractivity contribution in [2.24, 2.45) is 0 Å². The highest BCUT2D eigenvalue weighted by atomic mass is 32.2. The van der Waals surface area contributed by atoms with E-state index in [0.717, 1.165) is 16.4 Å². The zero-order chi connectivity index (χ0) is 14.7. The molecule has 0 aliphatic rings. The highest BCUT2D eigenvalue weighted by Gasteiger charge is 2.21. The summed E-state index contributed by atoms with van der Waals surface area (Å²) in [6, 6.07) is 6.12. The van der Waals surface area contributed by atoms with Crippen LogP contribution < -0.4 is 5.84 Å². The normalized spacial score (nSPS) is 12.2. The molecule has 2 N–H and O–H groups in total. The number of hydrogen-bond acceptors (Lipinski definition) is 6. The van der Waals surface area contributed by atoms with E-state index >= 15 is 0 Å². The van der Waals surface area contributed by atoms with Gasteiger partial charge in [0, 0.05) is 0 Å². The van der Waals surface area contributed by atoms with Gasteiger partial charge in [0.15, 0.2) is 5.82 Å². The second kappa shape index (κ2) is 5.91. The molecule has 106 valence electrons. The fourth-order valence-corrected chi connectivity index (χ4v) is 2.35. The molecule has 0 fully saturated rings. The first kappa shape index (κ1) is 14.3. The first-order valence-electron chi connectivity index (χ1n) is 5.74. The van der Waals surface area contributed by atoms with E-state index in [1.54, 1.807) is 25.1 Å². The number of carbonyl (C=O) groups excluding carboxylic acids is 1. The molecule has 1 unspecified atom stereocenters. The molecule has 2 rings (SSSR count). The highest BCUT2D eigenvalue weighted by molar-refractivity contribution is 8.00.